The number of non-ortho nitro benzene ring substituents is 1. The van der Waals surface area contributed by atoms with E-state index in [2.05, 4.69) is 10.5 Å². The lowest BCUT2D eigenvalue weighted by molar-refractivity contribution is -0.384. The zero-order valence-corrected chi connectivity index (χ0v) is 14.8. The number of benzene rings is 3. The van der Waals surface area contributed by atoms with Gasteiger partial charge in [0, 0.05) is 24.2 Å². The van der Waals surface area contributed by atoms with E-state index >= 15 is 0 Å². The van der Waals surface area contributed by atoms with Gasteiger partial charge in [-0.1, -0.05) is 47.6 Å². The van der Waals surface area contributed by atoms with Crippen LogP contribution in [0.4, 0.5) is 15.8 Å². The van der Waals surface area contributed by atoms with Crippen LogP contribution in [0.15, 0.2) is 84.0 Å². The van der Waals surface area contributed by atoms with Gasteiger partial charge in [0.15, 0.2) is 0 Å². The van der Waals surface area contributed by atoms with Crippen molar-refractivity contribution in [2.45, 2.75) is 12.5 Å². The molecule has 0 saturated heterocycles. The second-order valence-electron chi connectivity index (χ2n) is 6.17. The van der Waals surface area contributed by atoms with Crippen molar-refractivity contribution in [1.29, 1.82) is 0 Å². The lowest BCUT2D eigenvalue weighted by atomic mass is 9.97. The highest BCUT2D eigenvalue weighted by Gasteiger charge is 2.17. The number of hydrogen-bond acceptors (Lipinski definition) is 5. The van der Waals surface area contributed by atoms with Gasteiger partial charge in [0.05, 0.1) is 16.7 Å². The summed E-state index contributed by atoms with van der Waals surface area (Å²) in [7, 11) is 0. The number of hydrogen-bond donors (Lipinski definition) is 2. The normalized spacial score (nSPS) is 12.4. The number of nitrogens with one attached hydrogen (secondary N) is 1. The molecule has 1 unspecified atom stereocenters. The van der Waals surface area contributed by atoms with E-state index in [0.29, 0.717) is 23.4 Å². The van der Waals surface area contributed by atoms with Crippen LogP contribution in [-0.2, 0) is 0 Å². The number of halogens is 1. The molecule has 0 aliphatic rings. The van der Waals surface area contributed by atoms with Crippen LogP contribution in [0.5, 0.6) is 0 Å². The average molecular weight is 379 g/mol. The number of anilines is 1. The summed E-state index contributed by atoms with van der Waals surface area (Å²) in [5.41, 5.74) is 2.64. The lowest BCUT2D eigenvalue weighted by Gasteiger charge is -2.21. The summed E-state index contributed by atoms with van der Waals surface area (Å²) in [5, 5.41) is 27.1. The maximum Gasteiger partial charge on any atom is 0.269 e. The molecule has 0 aromatic heterocycles. The van der Waals surface area contributed by atoms with Crippen LogP contribution in [0.1, 0.15) is 23.6 Å². The van der Waals surface area contributed by atoms with Gasteiger partial charge in [-0.2, -0.15) is 0 Å². The van der Waals surface area contributed by atoms with Crippen molar-refractivity contribution >= 4 is 17.1 Å². The van der Waals surface area contributed by atoms with E-state index in [0.717, 1.165) is 5.56 Å². The highest BCUT2D eigenvalue weighted by Crippen LogP contribution is 2.26. The van der Waals surface area contributed by atoms with Gasteiger partial charge in [0.25, 0.3) is 5.69 Å². The summed E-state index contributed by atoms with van der Waals surface area (Å²) in [6, 6.07) is 21.1. The number of oxime groups is 1. The molecule has 0 bridgehead atoms. The molecular weight excluding hydrogens is 361 g/mol. The minimum absolute atomic E-state index is 0.00531. The van der Waals surface area contributed by atoms with Gasteiger partial charge < -0.3 is 10.5 Å². The number of nitrogens with zero attached hydrogens (tertiary/aromatic N) is 2. The zero-order valence-electron chi connectivity index (χ0n) is 14.8. The number of nitro benzene ring substituents is 1. The Balaban J connectivity index is 1.86. The summed E-state index contributed by atoms with van der Waals surface area (Å²) in [5.74, 6) is -0.371. The molecule has 3 aromatic carbocycles. The fourth-order valence-electron chi connectivity index (χ4n) is 2.87. The summed E-state index contributed by atoms with van der Waals surface area (Å²) in [4.78, 5) is 10.4. The quantitative estimate of drug-likeness (QED) is 0.257. The molecule has 0 spiro atoms. The Bertz CT molecular complexity index is 958. The van der Waals surface area contributed by atoms with Crippen LogP contribution in [0.2, 0.25) is 0 Å². The zero-order chi connectivity index (χ0) is 19.9. The van der Waals surface area contributed by atoms with Gasteiger partial charge in [-0.15, -0.1) is 0 Å². The monoisotopic (exact) mass is 379 g/mol. The van der Waals surface area contributed by atoms with Gasteiger partial charge in [-0.05, 0) is 35.4 Å². The van der Waals surface area contributed by atoms with Gasteiger partial charge in [-0.25, -0.2) is 4.39 Å². The fourth-order valence-corrected chi connectivity index (χ4v) is 2.87. The van der Waals surface area contributed by atoms with Crippen LogP contribution in [0.25, 0.3) is 0 Å². The molecule has 3 rings (SSSR count). The first kappa shape index (κ1) is 19.0. The lowest BCUT2D eigenvalue weighted by Crippen LogP contribution is -2.16. The molecule has 1 atom stereocenters. The Labute approximate surface area is 161 Å². The van der Waals surface area contributed by atoms with Gasteiger partial charge in [0.1, 0.15) is 5.82 Å². The molecule has 2 N–H and O–H groups in total. The van der Waals surface area contributed by atoms with Crippen molar-refractivity contribution in [3.05, 3.63) is 106 Å². The van der Waals surface area contributed by atoms with E-state index in [1.165, 1.54) is 24.3 Å². The van der Waals surface area contributed by atoms with Crippen LogP contribution in [0, 0.1) is 15.9 Å². The Hall–Kier alpha value is -3.74. The Kier molecular flexibility index (Phi) is 5.96. The molecule has 0 fully saturated rings. The summed E-state index contributed by atoms with van der Waals surface area (Å²) in [6.07, 6.45) is 0.323. The smallest absolute Gasteiger partial charge is 0.269 e. The van der Waals surface area contributed by atoms with E-state index in [9.17, 15) is 19.7 Å². The Morgan fingerprint density at radius 3 is 2.25 bits per heavy atom. The molecule has 0 saturated carbocycles. The van der Waals surface area contributed by atoms with E-state index in [-0.39, 0.29) is 17.5 Å². The van der Waals surface area contributed by atoms with Gasteiger partial charge in [-0.3, -0.25) is 10.1 Å². The Morgan fingerprint density at radius 2 is 1.68 bits per heavy atom. The van der Waals surface area contributed by atoms with Crippen LogP contribution < -0.4 is 5.32 Å². The topological polar surface area (TPSA) is 87.8 Å². The molecule has 28 heavy (non-hydrogen) atoms. The third-order valence-electron chi connectivity index (χ3n) is 4.32. The highest BCUT2D eigenvalue weighted by atomic mass is 19.1. The first-order valence-corrected chi connectivity index (χ1v) is 8.59. The van der Waals surface area contributed by atoms with E-state index in [4.69, 9.17) is 0 Å². The average Bonchev–Trinajstić information content (AvgIpc) is 2.73. The van der Waals surface area contributed by atoms with Crippen molar-refractivity contribution < 1.29 is 14.5 Å². The molecule has 3 aromatic rings. The number of nitro groups is 1. The van der Waals surface area contributed by atoms with Crippen molar-refractivity contribution in [3.63, 3.8) is 0 Å². The standard InChI is InChI=1S/C21H18FN3O3/c22-17-8-6-16(7-9-17)21(24-26)14-20(15-4-2-1-3-5-15)23-18-10-12-19(13-11-18)25(27)28/h1-13,20,23,26H,14H2/b24-21-. The van der Waals surface area contributed by atoms with Crippen LogP contribution in [0.3, 0.4) is 0 Å². The molecule has 0 aliphatic carbocycles. The van der Waals surface area contributed by atoms with Gasteiger partial charge in [0.2, 0.25) is 0 Å². The SMILES string of the molecule is O=[N+]([O-])c1ccc(NC(C/C(=N/O)c2ccc(F)cc2)c2ccccc2)cc1. The van der Waals surface area contributed by atoms with Crippen molar-refractivity contribution in [2.24, 2.45) is 5.16 Å². The molecule has 142 valence electrons. The second kappa shape index (κ2) is 8.77. The van der Waals surface area contributed by atoms with Crippen molar-refractivity contribution in [2.75, 3.05) is 5.32 Å². The molecule has 0 heterocycles. The maximum atomic E-state index is 13.2. The van der Waals surface area contributed by atoms with Crippen LogP contribution in [-0.4, -0.2) is 15.8 Å². The van der Waals surface area contributed by atoms with Crippen LogP contribution >= 0.6 is 0 Å². The van der Waals surface area contributed by atoms with Crippen molar-refractivity contribution in [3.8, 4) is 0 Å². The predicted octanol–water partition coefficient (Wildman–Crippen LogP) is 5.16. The molecule has 0 aliphatic heterocycles. The second-order valence-corrected chi connectivity index (χ2v) is 6.17. The Morgan fingerprint density at radius 1 is 1.04 bits per heavy atom. The summed E-state index contributed by atoms with van der Waals surface area (Å²) < 4.78 is 13.2. The minimum atomic E-state index is -0.455. The summed E-state index contributed by atoms with van der Waals surface area (Å²) in [6.45, 7) is 0. The maximum absolute atomic E-state index is 13.2. The summed E-state index contributed by atoms with van der Waals surface area (Å²) >= 11 is 0. The molecule has 7 heteroatoms. The van der Waals surface area contributed by atoms with E-state index < -0.39 is 4.92 Å². The predicted molar refractivity (Wildman–Crippen MR) is 105 cm³/mol. The first-order valence-electron chi connectivity index (χ1n) is 8.59. The molecule has 0 amide bonds. The number of rotatable bonds is 7. The third-order valence-corrected chi connectivity index (χ3v) is 4.32. The highest BCUT2D eigenvalue weighted by molar-refractivity contribution is 6.00. The van der Waals surface area contributed by atoms with E-state index in [1.54, 1.807) is 24.3 Å². The van der Waals surface area contributed by atoms with Gasteiger partial charge >= 0.3 is 0 Å². The molecule has 6 nitrogen and oxygen atoms in total. The minimum Gasteiger partial charge on any atom is -0.411 e. The first-order chi connectivity index (χ1) is 13.6. The molecular formula is C21H18FN3O3. The van der Waals surface area contributed by atoms with E-state index in [1.807, 2.05) is 30.3 Å². The fraction of sp³-hybridized carbons (Fsp3) is 0.0952. The molecule has 0 radical (unpaired) electrons. The van der Waals surface area contributed by atoms with Crippen molar-refractivity contribution in [1.82, 2.24) is 0 Å². The largest absolute Gasteiger partial charge is 0.411 e. The third kappa shape index (κ3) is 4.70.